The third-order valence-corrected chi connectivity index (χ3v) is 4.90. The summed E-state index contributed by atoms with van der Waals surface area (Å²) in [7, 11) is 0. The van der Waals surface area contributed by atoms with Crippen molar-refractivity contribution in [1.82, 2.24) is 15.3 Å². The zero-order valence-corrected chi connectivity index (χ0v) is 14.9. The number of H-pyrrole nitrogens is 1. The van der Waals surface area contributed by atoms with Crippen molar-refractivity contribution >= 4 is 16.9 Å². The molecule has 4 rings (SSSR count). The number of aromatic nitrogens is 2. The molecule has 1 atom stereocenters. The van der Waals surface area contributed by atoms with Gasteiger partial charge in [-0.05, 0) is 36.6 Å². The molecule has 5 heteroatoms. The van der Waals surface area contributed by atoms with Crippen LogP contribution in [0.3, 0.4) is 0 Å². The van der Waals surface area contributed by atoms with Gasteiger partial charge in [0.15, 0.2) is 0 Å². The molecule has 0 unspecified atom stereocenters. The first-order valence-electron chi connectivity index (χ1n) is 9.10. The summed E-state index contributed by atoms with van der Waals surface area (Å²) >= 11 is 0. The maximum absolute atomic E-state index is 12.2. The number of nitrogens with one attached hydrogen (secondary N) is 2. The molecule has 0 saturated carbocycles. The molecule has 5 nitrogen and oxygen atoms in total. The first-order chi connectivity index (χ1) is 12.7. The van der Waals surface area contributed by atoms with E-state index in [0.717, 1.165) is 34.6 Å². The monoisotopic (exact) mass is 349 g/mol. The molecular formula is C21H23N3O2. The van der Waals surface area contributed by atoms with E-state index in [1.165, 1.54) is 5.56 Å². The summed E-state index contributed by atoms with van der Waals surface area (Å²) in [6, 6.07) is 14.2. The molecule has 2 aromatic carbocycles. The van der Waals surface area contributed by atoms with Crippen LogP contribution in [-0.2, 0) is 17.6 Å². The Morgan fingerprint density at radius 1 is 1.27 bits per heavy atom. The van der Waals surface area contributed by atoms with Crippen LogP contribution < -0.4 is 10.1 Å². The molecule has 2 N–H and O–H groups in total. The number of carbonyl (C=O) groups excluding carboxylic acids is 1. The SMILES string of the molecule is Cc1cccc2[nH]c(CCC(=O)NC[C@H]3COc4ccccc4C3)nc12. The number of amides is 1. The first kappa shape index (κ1) is 16.6. The van der Waals surface area contributed by atoms with E-state index in [1.54, 1.807) is 0 Å². The fourth-order valence-electron chi connectivity index (χ4n) is 3.45. The van der Waals surface area contributed by atoms with Crippen LogP contribution in [0.15, 0.2) is 42.5 Å². The van der Waals surface area contributed by atoms with Crippen molar-refractivity contribution in [2.45, 2.75) is 26.2 Å². The Morgan fingerprint density at radius 2 is 2.15 bits per heavy atom. The van der Waals surface area contributed by atoms with E-state index in [1.807, 2.05) is 43.3 Å². The van der Waals surface area contributed by atoms with Crippen LogP contribution in [0.2, 0.25) is 0 Å². The summed E-state index contributed by atoms with van der Waals surface area (Å²) in [5.41, 5.74) is 4.38. The van der Waals surface area contributed by atoms with Gasteiger partial charge in [-0.2, -0.15) is 0 Å². The number of hydrogen-bond acceptors (Lipinski definition) is 3. The highest BCUT2D eigenvalue weighted by molar-refractivity contribution is 5.79. The summed E-state index contributed by atoms with van der Waals surface area (Å²) in [6.07, 6.45) is 1.99. The third kappa shape index (κ3) is 3.57. The van der Waals surface area contributed by atoms with E-state index in [-0.39, 0.29) is 5.91 Å². The average Bonchev–Trinajstić information content (AvgIpc) is 3.09. The lowest BCUT2D eigenvalue weighted by Gasteiger charge is -2.25. The van der Waals surface area contributed by atoms with Gasteiger partial charge in [0.25, 0.3) is 0 Å². The van der Waals surface area contributed by atoms with Gasteiger partial charge in [-0.3, -0.25) is 4.79 Å². The predicted molar refractivity (Wildman–Crippen MR) is 101 cm³/mol. The van der Waals surface area contributed by atoms with Gasteiger partial charge in [-0.1, -0.05) is 30.3 Å². The number of benzene rings is 2. The number of ether oxygens (including phenoxy) is 1. The summed E-state index contributed by atoms with van der Waals surface area (Å²) in [5.74, 6) is 2.21. The van der Waals surface area contributed by atoms with Gasteiger partial charge < -0.3 is 15.0 Å². The Bertz CT molecular complexity index is 932. The number of fused-ring (bicyclic) bond motifs is 2. The lowest BCUT2D eigenvalue weighted by Crippen LogP contribution is -2.34. The van der Waals surface area contributed by atoms with Gasteiger partial charge in [-0.15, -0.1) is 0 Å². The Kier molecular flexibility index (Phi) is 4.61. The molecule has 134 valence electrons. The summed E-state index contributed by atoms with van der Waals surface area (Å²) < 4.78 is 5.78. The predicted octanol–water partition coefficient (Wildman–Crippen LogP) is 3.17. The van der Waals surface area contributed by atoms with Gasteiger partial charge in [0.1, 0.15) is 11.6 Å². The molecule has 1 amide bonds. The van der Waals surface area contributed by atoms with Crippen LogP contribution in [-0.4, -0.2) is 29.0 Å². The molecule has 0 radical (unpaired) electrons. The number of aromatic amines is 1. The fourth-order valence-corrected chi connectivity index (χ4v) is 3.45. The molecule has 3 aromatic rings. The summed E-state index contributed by atoms with van der Waals surface area (Å²) in [5, 5.41) is 3.04. The van der Waals surface area contributed by atoms with Crippen molar-refractivity contribution in [3.05, 3.63) is 59.4 Å². The number of para-hydroxylation sites is 2. The van der Waals surface area contributed by atoms with Gasteiger partial charge >= 0.3 is 0 Å². The summed E-state index contributed by atoms with van der Waals surface area (Å²) in [6.45, 7) is 3.34. The standard InChI is InChI=1S/C21H23N3O2/c1-14-5-4-7-17-21(14)24-19(23-17)9-10-20(25)22-12-15-11-16-6-2-3-8-18(16)26-13-15/h2-8,15H,9-13H2,1H3,(H,22,25)(H,23,24)/t15-/m0/s1. The fraction of sp³-hybridized carbons (Fsp3) is 0.333. The van der Waals surface area contributed by atoms with E-state index in [2.05, 4.69) is 21.4 Å². The minimum Gasteiger partial charge on any atom is -0.493 e. The second-order valence-electron chi connectivity index (χ2n) is 6.95. The van der Waals surface area contributed by atoms with Crippen LogP contribution >= 0.6 is 0 Å². The number of nitrogens with zero attached hydrogens (tertiary/aromatic N) is 1. The van der Waals surface area contributed by atoms with Crippen LogP contribution in [0.5, 0.6) is 5.75 Å². The first-order valence-corrected chi connectivity index (χ1v) is 9.10. The lowest BCUT2D eigenvalue weighted by molar-refractivity contribution is -0.121. The summed E-state index contributed by atoms with van der Waals surface area (Å²) in [4.78, 5) is 20.1. The van der Waals surface area contributed by atoms with Crippen molar-refractivity contribution < 1.29 is 9.53 Å². The Morgan fingerprint density at radius 3 is 3.04 bits per heavy atom. The molecule has 0 spiro atoms. The zero-order chi connectivity index (χ0) is 17.9. The van der Waals surface area contributed by atoms with Gasteiger partial charge in [-0.25, -0.2) is 4.98 Å². The molecule has 0 saturated heterocycles. The highest BCUT2D eigenvalue weighted by Gasteiger charge is 2.20. The van der Waals surface area contributed by atoms with Crippen molar-refractivity contribution in [1.29, 1.82) is 0 Å². The van der Waals surface area contributed by atoms with Crippen molar-refractivity contribution in [3.63, 3.8) is 0 Å². The maximum Gasteiger partial charge on any atom is 0.220 e. The van der Waals surface area contributed by atoms with E-state index in [4.69, 9.17) is 4.74 Å². The van der Waals surface area contributed by atoms with Crippen molar-refractivity contribution in [2.75, 3.05) is 13.2 Å². The molecule has 2 heterocycles. The van der Waals surface area contributed by atoms with Crippen molar-refractivity contribution in [3.8, 4) is 5.75 Å². The quantitative estimate of drug-likeness (QED) is 0.743. The Labute approximate surface area is 152 Å². The Hall–Kier alpha value is -2.82. The minimum absolute atomic E-state index is 0.0565. The van der Waals surface area contributed by atoms with Crippen molar-refractivity contribution in [2.24, 2.45) is 5.92 Å². The van der Waals surface area contributed by atoms with Crippen LogP contribution in [0.25, 0.3) is 11.0 Å². The van der Waals surface area contributed by atoms with Gasteiger partial charge in [0.2, 0.25) is 5.91 Å². The van der Waals surface area contributed by atoms with E-state index in [0.29, 0.717) is 31.9 Å². The normalized spacial score (nSPS) is 16.1. The number of imidazole rings is 1. The molecule has 1 aliphatic heterocycles. The lowest BCUT2D eigenvalue weighted by atomic mass is 9.97. The van der Waals surface area contributed by atoms with E-state index < -0.39 is 0 Å². The van der Waals surface area contributed by atoms with Gasteiger partial charge in [0.05, 0.1) is 17.6 Å². The topological polar surface area (TPSA) is 67.0 Å². The Balaban J connectivity index is 1.27. The molecule has 1 aliphatic rings. The molecule has 1 aromatic heterocycles. The zero-order valence-electron chi connectivity index (χ0n) is 14.9. The molecule has 0 fully saturated rings. The average molecular weight is 349 g/mol. The number of rotatable bonds is 5. The van der Waals surface area contributed by atoms with Crippen LogP contribution in [0.1, 0.15) is 23.4 Å². The second-order valence-corrected chi connectivity index (χ2v) is 6.95. The minimum atomic E-state index is 0.0565. The number of aryl methyl sites for hydroxylation is 2. The maximum atomic E-state index is 12.2. The molecule has 0 aliphatic carbocycles. The van der Waals surface area contributed by atoms with Crippen LogP contribution in [0.4, 0.5) is 0 Å². The third-order valence-electron chi connectivity index (χ3n) is 4.90. The van der Waals surface area contributed by atoms with E-state index in [9.17, 15) is 4.79 Å². The number of carbonyl (C=O) groups is 1. The van der Waals surface area contributed by atoms with E-state index >= 15 is 0 Å². The van der Waals surface area contributed by atoms with Crippen LogP contribution in [0, 0.1) is 12.8 Å². The highest BCUT2D eigenvalue weighted by Crippen LogP contribution is 2.26. The molecular weight excluding hydrogens is 326 g/mol. The smallest absolute Gasteiger partial charge is 0.220 e. The molecule has 0 bridgehead atoms. The number of hydrogen-bond donors (Lipinski definition) is 2. The van der Waals surface area contributed by atoms with Gasteiger partial charge in [0, 0.05) is 25.3 Å². The second kappa shape index (κ2) is 7.20. The highest BCUT2D eigenvalue weighted by atomic mass is 16.5. The largest absolute Gasteiger partial charge is 0.493 e. The molecule has 26 heavy (non-hydrogen) atoms.